The zero-order valence-corrected chi connectivity index (χ0v) is 15.9. The van der Waals surface area contributed by atoms with E-state index in [1.165, 1.54) is 0 Å². The number of furan rings is 1. The van der Waals surface area contributed by atoms with E-state index in [1.54, 1.807) is 10.9 Å². The van der Waals surface area contributed by atoms with Crippen molar-refractivity contribution in [1.82, 2.24) is 20.3 Å². The highest BCUT2D eigenvalue weighted by Crippen LogP contribution is 2.26. The van der Waals surface area contributed by atoms with Crippen LogP contribution in [-0.4, -0.2) is 20.8 Å². The summed E-state index contributed by atoms with van der Waals surface area (Å²) in [7, 11) is 0. The molecule has 3 aromatic heterocycles. The van der Waals surface area contributed by atoms with Gasteiger partial charge < -0.3 is 14.3 Å². The number of carbonyl (C=O) groups excluding carboxylic acids is 1. The smallest absolute Gasteiger partial charge is 0.255 e. The highest BCUT2D eigenvalue weighted by molar-refractivity contribution is 5.99. The van der Waals surface area contributed by atoms with Crippen LogP contribution in [0, 0.1) is 20.8 Å². The van der Waals surface area contributed by atoms with E-state index in [9.17, 15) is 4.79 Å². The lowest BCUT2D eigenvalue weighted by molar-refractivity contribution is 0.0951. The number of amides is 1. The third kappa shape index (κ3) is 3.34. The predicted octanol–water partition coefficient (Wildman–Crippen LogP) is 3.98. The molecule has 0 aliphatic rings. The lowest BCUT2D eigenvalue weighted by atomic mass is 10.1. The van der Waals surface area contributed by atoms with Gasteiger partial charge in [-0.2, -0.15) is 5.10 Å². The number of nitrogens with one attached hydrogen (secondary N) is 1. The van der Waals surface area contributed by atoms with Gasteiger partial charge in [0, 0.05) is 18.3 Å². The molecule has 28 heavy (non-hydrogen) atoms. The largest absolute Gasteiger partial charge is 0.460 e. The van der Waals surface area contributed by atoms with Gasteiger partial charge in [0.25, 0.3) is 5.91 Å². The van der Waals surface area contributed by atoms with Crippen molar-refractivity contribution in [3.8, 4) is 17.1 Å². The number of aryl methyl sites for hydroxylation is 3. The molecule has 0 aliphatic heterocycles. The van der Waals surface area contributed by atoms with Crippen LogP contribution in [0.25, 0.3) is 17.1 Å². The molecule has 0 saturated carbocycles. The Balaban J connectivity index is 1.68. The number of benzene rings is 1. The molecule has 0 radical (unpaired) electrons. The molecule has 3 heterocycles. The van der Waals surface area contributed by atoms with E-state index in [2.05, 4.69) is 15.6 Å². The summed E-state index contributed by atoms with van der Waals surface area (Å²) in [5.74, 6) is 1.76. The third-order valence-electron chi connectivity index (χ3n) is 4.56. The van der Waals surface area contributed by atoms with Gasteiger partial charge in [0.05, 0.1) is 16.9 Å². The number of carbonyl (C=O) groups is 1. The van der Waals surface area contributed by atoms with E-state index in [-0.39, 0.29) is 5.91 Å². The van der Waals surface area contributed by atoms with E-state index in [0.717, 1.165) is 22.7 Å². The van der Waals surface area contributed by atoms with Gasteiger partial charge in [0.1, 0.15) is 17.2 Å². The zero-order chi connectivity index (χ0) is 19.7. The average Bonchev–Trinajstić information content (AvgIpc) is 3.40. The lowest BCUT2D eigenvalue weighted by Gasteiger charge is -2.04. The van der Waals surface area contributed by atoms with E-state index in [4.69, 9.17) is 8.94 Å². The first-order chi connectivity index (χ1) is 13.5. The molecule has 7 heteroatoms. The quantitative estimate of drug-likeness (QED) is 0.569. The zero-order valence-electron chi connectivity index (χ0n) is 15.9. The average molecular weight is 376 g/mol. The second-order valence-electron chi connectivity index (χ2n) is 6.57. The standard InChI is InChI=1S/C21H20N4O3/c1-13-9-10-19(27-13)20-18(12-25(23-20)16-7-5-4-6-8-16)21(26)22-11-17-14(2)24-28-15(17)3/h4-10,12H,11H2,1-3H3,(H,22,26). The van der Waals surface area contributed by atoms with Crippen LogP contribution in [0.4, 0.5) is 0 Å². The number of nitrogens with zero attached hydrogens (tertiary/aromatic N) is 3. The normalized spacial score (nSPS) is 11.0. The molecule has 7 nitrogen and oxygen atoms in total. The van der Waals surface area contributed by atoms with E-state index < -0.39 is 0 Å². The molecule has 0 bridgehead atoms. The van der Waals surface area contributed by atoms with E-state index >= 15 is 0 Å². The van der Waals surface area contributed by atoms with Crippen molar-refractivity contribution in [3.63, 3.8) is 0 Å². The highest BCUT2D eigenvalue weighted by Gasteiger charge is 2.21. The molecule has 0 saturated heterocycles. The van der Waals surface area contributed by atoms with Gasteiger partial charge in [-0.25, -0.2) is 4.68 Å². The molecular formula is C21H20N4O3. The van der Waals surface area contributed by atoms with Crippen LogP contribution in [0.1, 0.15) is 33.1 Å². The molecule has 0 fully saturated rings. The van der Waals surface area contributed by atoms with Gasteiger partial charge in [0.2, 0.25) is 0 Å². The summed E-state index contributed by atoms with van der Waals surface area (Å²) in [6.07, 6.45) is 1.71. The van der Waals surface area contributed by atoms with Gasteiger partial charge in [-0.05, 0) is 45.0 Å². The van der Waals surface area contributed by atoms with Crippen LogP contribution < -0.4 is 5.32 Å². The molecule has 142 valence electrons. The van der Waals surface area contributed by atoms with Gasteiger partial charge in [-0.1, -0.05) is 23.4 Å². The van der Waals surface area contributed by atoms with Crippen LogP contribution in [-0.2, 0) is 6.54 Å². The van der Waals surface area contributed by atoms with Crippen LogP contribution >= 0.6 is 0 Å². The molecule has 0 spiro atoms. The van der Waals surface area contributed by atoms with Gasteiger partial charge >= 0.3 is 0 Å². The van der Waals surface area contributed by atoms with Crippen LogP contribution in [0.5, 0.6) is 0 Å². The molecule has 0 atom stereocenters. The number of hydrogen-bond acceptors (Lipinski definition) is 5. The van der Waals surface area contributed by atoms with Crippen molar-refractivity contribution in [3.05, 3.63) is 77.0 Å². The first kappa shape index (κ1) is 17.8. The molecule has 4 rings (SSSR count). The van der Waals surface area contributed by atoms with Crippen molar-refractivity contribution in [1.29, 1.82) is 0 Å². The fraction of sp³-hybridized carbons (Fsp3) is 0.190. The summed E-state index contributed by atoms with van der Waals surface area (Å²) < 4.78 is 12.6. The maximum atomic E-state index is 13.0. The number of rotatable bonds is 5. The van der Waals surface area contributed by atoms with E-state index in [1.807, 2.05) is 63.2 Å². The second-order valence-corrected chi connectivity index (χ2v) is 6.57. The SMILES string of the molecule is Cc1ccc(-c2nn(-c3ccccc3)cc2C(=O)NCc2c(C)noc2C)o1. The molecule has 0 aliphatic carbocycles. The van der Waals surface area contributed by atoms with Crippen LogP contribution in [0.3, 0.4) is 0 Å². The maximum absolute atomic E-state index is 13.0. The Hall–Kier alpha value is -3.61. The Labute approximate surface area is 162 Å². The number of hydrogen-bond donors (Lipinski definition) is 1. The highest BCUT2D eigenvalue weighted by atomic mass is 16.5. The van der Waals surface area contributed by atoms with Crippen molar-refractivity contribution in [2.75, 3.05) is 0 Å². The fourth-order valence-corrected chi connectivity index (χ4v) is 3.02. The Kier molecular flexibility index (Phi) is 4.57. The Bertz CT molecular complexity index is 1100. The first-order valence-electron chi connectivity index (χ1n) is 8.95. The number of aromatic nitrogens is 3. The van der Waals surface area contributed by atoms with Crippen LogP contribution in [0.2, 0.25) is 0 Å². The molecule has 4 aromatic rings. The topological polar surface area (TPSA) is 86.1 Å². The predicted molar refractivity (Wildman–Crippen MR) is 103 cm³/mol. The van der Waals surface area contributed by atoms with Crippen molar-refractivity contribution >= 4 is 5.91 Å². The minimum absolute atomic E-state index is 0.244. The van der Waals surface area contributed by atoms with E-state index in [0.29, 0.717) is 29.3 Å². The van der Waals surface area contributed by atoms with Crippen LogP contribution in [0.15, 0.2) is 57.6 Å². The monoisotopic (exact) mass is 376 g/mol. The molecule has 0 unspecified atom stereocenters. The summed E-state index contributed by atoms with van der Waals surface area (Å²) in [4.78, 5) is 13.0. The summed E-state index contributed by atoms with van der Waals surface area (Å²) in [5.41, 5.74) is 3.42. The molecule has 1 amide bonds. The molecular weight excluding hydrogens is 356 g/mol. The summed E-state index contributed by atoms with van der Waals surface area (Å²) in [6, 6.07) is 13.3. The summed E-state index contributed by atoms with van der Waals surface area (Å²) in [5, 5.41) is 11.4. The molecule has 1 aromatic carbocycles. The van der Waals surface area contributed by atoms with Crippen molar-refractivity contribution < 1.29 is 13.7 Å². The second kappa shape index (κ2) is 7.19. The lowest BCUT2D eigenvalue weighted by Crippen LogP contribution is -2.23. The molecule has 1 N–H and O–H groups in total. The van der Waals surface area contributed by atoms with Gasteiger partial charge in [-0.15, -0.1) is 0 Å². The maximum Gasteiger partial charge on any atom is 0.255 e. The first-order valence-corrected chi connectivity index (χ1v) is 8.95. The van der Waals surface area contributed by atoms with Gasteiger partial charge in [0.15, 0.2) is 5.76 Å². The van der Waals surface area contributed by atoms with Crippen molar-refractivity contribution in [2.45, 2.75) is 27.3 Å². The summed E-state index contributed by atoms with van der Waals surface area (Å²) >= 11 is 0. The fourth-order valence-electron chi connectivity index (χ4n) is 3.02. The number of para-hydroxylation sites is 1. The minimum Gasteiger partial charge on any atom is -0.460 e. The Morgan fingerprint density at radius 2 is 1.89 bits per heavy atom. The Morgan fingerprint density at radius 3 is 2.54 bits per heavy atom. The summed E-state index contributed by atoms with van der Waals surface area (Å²) in [6.45, 7) is 5.86. The van der Waals surface area contributed by atoms with Crippen molar-refractivity contribution in [2.24, 2.45) is 0 Å². The minimum atomic E-state index is -0.244. The third-order valence-corrected chi connectivity index (χ3v) is 4.56. The Morgan fingerprint density at radius 1 is 1.11 bits per heavy atom. The van der Waals surface area contributed by atoms with Gasteiger partial charge in [-0.3, -0.25) is 4.79 Å².